The van der Waals surface area contributed by atoms with E-state index in [-0.39, 0.29) is 24.2 Å². The van der Waals surface area contributed by atoms with Gasteiger partial charge in [-0.15, -0.1) is 10.2 Å². The van der Waals surface area contributed by atoms with Gasteiger partial charge in [-0.05, 0) is 24.1 Å². The molecular weight excluding hydrogens is 391 g/mol. The maximum absolute atomic E-state index is 13.9. The van der Waals surface area contributed by atoms with Crippen molar-refractivity contribution in [3.05, 3.63) is 71.8 Å². The summed E-state index contributed by atoms with van der Waals surface area (Å²) in [7, 11) is 0. The molecule has 0 spiro atoms. The van der Waals surface area contributed by atoms with Gasteiger partial charge >= 0.3 is 0 Å². The Hall–Kier alpha value is -2.87. The highest BCUT2D eigenvalue weighted by atomic mass is 32.2. The average Bonchev–Trinajstić information content (AvgIpc) is 3.18. The highest BCUT2D eigenvalue weighted by Crippen LogP contribution is 2.28. The Morgan fingerprint density at radius 3 is 2.69 bits per heavy atom. The number of thioether (sulfide) groups is 1. The average molecular weight is 412 g/mol. The van der Waals surface area contributed by atoms with Crippen LogP contribution in [0.4, 0.5) is 4.39 Å². The Morgan fingerprint density at radius 1 is 1.17 bits per heavy atom. The molecule has 1 aliphatic heterocycles. The molecule has 1 unspecified atom stereocenters. The van der Waals surface area contributed by atoms with Gasteiger partial charge < -0.3 is 4.74 Å². The third kappa shape index (κ3) is 3.98. The molecule has 8 heteroatoms. The van der Waals surface area contributed by atoms with Gasteiger partial charge in [-0.2, -0.15) is 0 Å². The van der Waals surface area contributed by atoms with Crippen LogP contribution in [0.15, 0.2) is 59.8 Å². The fourth-order valence-electron chi connectivity index (χ4n) is 3.37. The number of hydrogen-bond donors (Lipinski definition) is 0. The molecule has 1 aliphatic rings. The number of fused-ring (bicyclic) bond motifs is 1. The van der Waals surface area contributed by atoms with E-state index in [0.29, 0.717) is 23.9 Å². The summed E-state index contributed by atoms with van der Waals surface area (Å²) in [5.41, 5.74) is 0.983. The van der Waals surface area contributed by atoms with Gasteiger partial charge in [0.05, 0.1) is 12.5 Å². The molecule has 29 heavy (non-hydrogen) atoms. The zero-order valence-corrected chi connectivity index (χ0v) is 16.8. The first-order valence-corrected chi connectivity index (χ1v) is 10.5. The molecule has 0 fully saturated rings. The number of benzene rings is 2. The summed E-state index contributed by atoms with van der Waals surface area (Å²) >= 11 is 1.54. The van der Waals surface area contributed by atoms with Crippen LogP contribution in [0.3, 0.4) is 0 Å². The number of nitrogens with zero attached hydrogens (tertiary/aromatic N) is 4. The highest BCUT2D eigenvalue weighted by molar-refractivity contribution is 7.99. The summed E-state index contributed by atoms with van der Waals surface area (Å²) in [5, 5.41) is 10.7. The molecule has 0 radical (unpaired) electrons. The lowest BCUT2D eigenvalue weighted by atomic mass is 9.95. The molecule has 0 saturated heterocycles. The van der Waals surface area contributed by atoms with Crippen LogP contribution in [0.5, 0.6) is 5.75 Å². The number of amides is 1. The summed E-state index contributed by atoms with van der Waals surface area (Å²) < 4.78 is 21.2. The quantitative estimate of drug-likeness (QED) is 0.617. The van der Waals surface area contributed by atoms with Crippen molar-refractivity contribution in [2.45, 2.75) is 31.0 Å². The Balaban J connectivity index is 1.59. The van der Waals surface area contributed by atoms with Gasteiger partial charge in [0.1, 0.15) is 6.61 Å². The van der Waals surface area contributed by atoms with Crippen molar-refractivity contribution in [3.8, 4) is 5.75 Å². The molecule has 6 nitrogen and oxygen atoms in total. The summed E-state index contributed by atoms with van der Waals surface area (Å²) in [6, 6.07) is 16.0. The van der Waals surface area contributed by atoms with Crippen molar-refractivity contribution in [1.82, 2.24) is 14.9 Å². The molecule has 1 amide bonds. The lowest BCUT2D eigenvalue weighted by molar-refractivity contribution is -0.121. The van der Waals surface area contributed by atoms with Gasteiger partial charge in [-0.3, -0.25) is 4.79 Å². The van der Waals surface area contributed by atoms with Crippen LogP contribution in [-0.4, -0.2) is 33.1 Å². The second-order valence-electron chi connectivity index (χ2n) is 6.61. The molecule has 3 aromatic rings. The third-order valence-corrected chi connectivity index (χ3v) is 5.71. The summed E-state index contributed by atoms with van der Waals surface area (Å²) in [5.74, 6) is 0.641. The van der Waals surface area contributed by atoms with Crippen molar-refractivity contribution in [2.75, 3.05) is 17.3 Å². The van der Waals surface area contributed by atoms with E-state index in [1.54, 1.807) is 27.9 Å². The number of para-hydroxylation sites is 1. The van der Waals surface area contributed by atoms with E-state index >= 15 is 0 Å². The van der Waals surface area contributed by atoms with Crippen molar-refractivity contribution >= 4 is 17.7 Å². The van der Waals surface area contributed by atoms with Gasteiger partial charge in [-0.1, -0.05) is 61.2 Å². The first kappa shape index (κ1) is 19.4. The molecule has 4 rings (SSSR count). The Labute approximate surface area is 172 Å². The van der Waals surface area contributed by atoms with Crippen LogP contribution in [0.2, 0.25) is 0 Å². The number of hydrogen-bond acceptors (Lipinski definition) is 5. The molecule has 1 atom stereocenters. The van der Waals surface area contributed by atoms with E-state index in [1.807, 2.05) is 37.3 Å². The zero-order valence-electron chi connectivity index (χ0n) is 16.0. The maximum Gasteiger partial charge on any atom is 0.249 e. The summed E-state index contributed by atoms with van der Waals surface area (Å²) in [4.78, 5) is 13.4. The van der Waals surface area contributed by atoms with Gasteiger partial charge in [0, 0.05) is 5.75 Å². The van der Waals surface area contributed by atoms with Crippen molar-refractivity contribution < 1.29 is 13.9 Å². The zero-order chi connectivity index (χ0) is 20.2. The lowest BCUT2D eigenvalue weighted by Gasteiger charge is -2.32. The van der Waals surface area contributed by atoms with Gasteiger partial charge in [0.15, 0.2) is 17.4 Å². The minimum absolute atomic E-state index is 0.00723. The molecule has 0 bridgehead atoms. The van der Waals surface area contributed by atoms with Crippen LogP contribution in [0.25, 0.3) is 0 Å². The Bertz CT molecular complexity index is 995. The van der Waals surface area contributed by atoms with E-state index < -0.39 is 5.82 Å². The fourth-order valence-corrected chi connectivity index (χ4v) is 4.24. The molecule has 0 aliphatic carbocycles. The van der Waals surface area contributed by atoms with E-state index in [2.05, 4.69) is 10.2 Å². The standard InChI is InChI=1S/C21H21FN4O2S/c1-2-16(15-8-4-3-5-9-15)20(27)25-12-13-29-21-24-23-19(26(21)25)14-28-18-11-7-6-10-17(18)22/h3-11,16H,2,12-14H2,1H3. The number of ether oxygens (including phenoxy) is 1. The van der Waals surface area contributed by atoms with E-state index in [1.165, 1.54) is 17.8 Å². The number of rotatable bonds is 6. The monoisotopic (exact) mass is 412 g/mol. The lowest BCUT2D eigenvalue weighted by Crippen LogP contribution is -2.48. The van der Waals surface area contributed by atoms with Crippen LogP contribution >= 0.6 is 11.8 Å². The van der Waals surface area contributed by atoms with Gasteiger partial charge in [0.2, 0.25) is 11.1 Å². The van der Waals surface area contributed by atoms with Gasteiger partial charge in [0.25, 0.3) is 0 Å². The first-order chi connectivity index (χ1) is 14.2. The highest BCUT2D eigenvalue weighted by Gasteiger charge is 2.32. The molecule has 1 aromatic heterocycles. The van der Waals surface area contributed by atoms with E-state index in [9.17, 15) is 9.18 Å². The summed E-state index contributed by atoms with van der Waals surface area (Å²) in [6.45, 7) is 2.56. The van der Waals surface area contributed by atoms with Crippen molar-refractivity contribution in [3.63, 3.8) is 0 Å². The minimum atomic E-state index is -0.441. The molecule has 0 N–H and O–H groups in total. The smallest absolute Gasteiger partial charge is 0.249 e. The van der Waals surface area contributed by atoms with Crippen LogP contribution < -0.4 is 9.75 Å². The second kappa shape index (κ2) is 8.65. The number of carbonyl (C=O) groups excluding carboxylic acids is 1. The third-order valence-electron chi connectivity index (χ3n) is 4.81. The largest absolute Gasteiger partial charge is 0.482 e. The van der Waals surface area contributed by atoms with Crippen LogP contribution in [-0.2, 0) is 11.4 Å². The van der Waals surface area contributed by atoms with Gasteiger partial charge in [-0.25, -0.2) is 14.1 Å². The topological polar surface area (TPSA) is 60.3 Å². The predicted octanol–water partition coefficient (Wildman–Crippen LogP) is 3.76. The number of halogens is 1. The molecular formula is C21H21FN4O2S. The van der Waals surface area contributed by atoms with E-state index in [4.69, 9.17) is 4.74 Å². The second-order valence-corrected chi connectivity index (χ2v) is 7.67. The molecule has 150 valence electrons. The normalized spacial score (nSPS) is 14.3. The SMILES string of the molecule is CCC(C(=O)N1CCSc2nnc(COc3ccccc3F)n21)c1ccccc1. The number of aromatic nitrogens is 3. The molecule has 2 heterocycles. The number of carbonyl (C=O) groups is 1. The van der Waals surface area contributed by atoms with Crippen molar-refractivity contribution in [1.29, 1.82) is 0 Å². The Kier molecular flexibility index (Phi) is 5.80. The molecule has 2 aromatic carbocycles. The van der Waals surface area contributed by atoms with Crippen LogP contribution in [0, 0.1) is 5.82 Å². The minimum Gasteiger partial charge on any atom is -0.482 e. The van der Waals surface area contributed by atoms with Crippen molar-refractivity contribution in [2.24, 2.45) is 0 Å². The van der Waals surface area contributed by atoms with Crippen LogP contribution in [0.1, 0.15) is 30.7 Å². The first-order valence-electron chi connectivity index (χ1n) is 9.50. The fraction of sp³-hybridized carbons (Fsp3) is 0.286. The predicted molar refractivity (Wildman–Crippen MR) is 109 cm³/mol. The Morgan fingerprint density at radius 2 is 1.93 bits per heavy atom. The summed E-state index contributed by atoms with van der Waals surface area (Å²) in [6.07, 6.45) is 0.686. The maximum atomic E-state index is 13.9. The molecule has 0 saturated carbocycles. The van der Waals surface area contributed by atoms with E-state index in [0.717, 1.165) is 11.3 Å².